The third-order valence-corrected chi connectivity index (χ3v) is 2.47. The smallest absolute Gasteiger partial charge is 0.220 e. The van der Waals surface area contributed by atoms with Gasteiger partial charge in [-0.3, -0.25) is 9.59 Å². The first kappa shape index (κ1) is 20.0. The minimum atomic E-state index is -0.0772. The molecule has 0 saturated carbocycles. The first-order chi connectivity index (χ1) is 10.2. The highest BCUT2D eigenvalue weighted by atomic mass is 16.5. The molecule has 0 spiro atoms. The highest BCUT2D eigenvalue weighted by Gasteiger charge is 1.99. The number of amides is 1. The van der Waals surface area contributed by atoms with Gasteiger partial charge in [0.05, 0.1) is 39.6 Å². The zero-order valence-electron chi connectivity index (χ0n) is 12.8. The fourth-order valence-corrected chi connectivity index (χ4v) is 1.35. The maximum Gasteiger partial charge on any atom is 0.220 e. The van der Waals surface area contributed by atoms with Gasteiger partial charge < -0.3 is 24.6 Å². The number of aliphatic hydroxyl groups is 1. The largest absolute Gasteiger partial charge is 0.396 e. The van der Waals surface area contributed by atoms with E-state index < -0.39 is 0 Å². The van der Waals surface area contributed by atoms with Crippen molar-refractivity contribution in [1.29, 1.82) is 0 Å². The van der Waals surface area contributed by atoms with Gasteiger partial charge in [0.2, 0.25) is 5.91 Å². The summed E-state index contributed by atoms with van der Waals surface area (Å²) in [7, 11) is 0. The van der Waals surface area contributed by atoms with Crippen LogP contribution in [0.2, 0.25) is 0 Å². The van der Waals surface area contributed by atoms with E-state index in [9.17, 15) is 9.59 Å². The second-order valence-corrected chi connectivity index (χ2v) is 4.47. The minimum absolute atomic E-state index is 0.0275. The van der Waals surface area contributed by atoms with Crippen LogP contribution < -0.4 is 5.32 Å². The van der Waals surface area contributed by atoms with Crippen LogP contribution in [0.1, 0.15) is 26.2 Å². The molecule has 0 aliphatic carbocycles. The number of rotatable bonds is 15. The molecule has 0 aromatic carbocycles. The van der Waals surface area contributed by atoms with Crippen molar-refractivity contribution in [2.24, 2.45) is 0 Å². The monoisotopic (exact) mass is 305 g/mol. The maximum atomic E-state index is 11.2. The van der Waals surface area contributed by atoms with Crippen LogP contribution >= 0.6 is 0 Å². The van der Waals surface area contributed by atoms with Crippen LogP contribution in [0.4, 0.5) is 0 Å². The normalized spacial score (nSPS) is 10.6. The molecule has 0 aliphatic rings. The lowest BCUT2D eigenvalue weighted by atomic mass is 10.3. The van der Waals surface area contributed by atoms with Gasteiger partial charge in [0, 0.05) is 26.0 Å². The molecule has 124 valence electrons. The Morgan fingerprint density at radius 1 is 0.905 bits per heavy atom. The Morgan fingerprint density at radius 3 is 2.05 bits per heavy atom. The number of aliphatic hydroxyl groups excluding tert-OH is 1. The predicted octanol–water partition coefficient (Wildman–Crippen LogP) is -0.0960. The Morgan fingerprint density at radius 2 is 1.48 bits per heavy atom. The van der Waals surface area contributed by atoms with Crippen molar-refractivity contribution in [3.8, 4) is 0 Å². The van der Waals surface area contributed by atoms with Crippen molar-refractivity contribution in [2.75, 3.05) is 52.8 Å². The number of hydrogen-bond acceptors (Lipinski definition) is 6. The number of carbonyl (C=O) groups excluding carboxylic acids is 2. The average Bonchev–Trinajstić information content (AvgIpc) is 2.45. The van der Waals surface area contributed by atoms with Crippen LogP contribution in [0.15, 0.2) is 0 Å². The van der Waals surface area contributed by atoms with Gasteiger partial charge >= 0.3 is 0 Å². The quantitative estimate of drug-likeness (QED) is 0.411. The van der Waals surface area contributed by atoms with E-state index in [1.165, 1.54) is 6.92 Å². The van der Waals surface area contributed by atoms with Crippen molar-refractivity contribution in [3.63, 3.8) is 0 Å². The summed E-state index contributed by atoms with van der Waals surface area (Å²) in [6, 6.07) is 0. The highest BCUT2D eigenvalue weighted by Crippen LogP contribution is 1.87. The lowest BCUT2D eigenvalue weighted by Crippen LogP contribution is -2.27. The molecular weight excluding hydrogens is 278 g/mol. The van der Waals surface area contributed by atoms with Gasteiger partial charge in [-0.25, -0.2) is 0 Å². The molecule has 0 heterocycles. The second-order valence-electron chi connectivity index (χ2n) is 4.47. The summed E-state index contributed by atoms with van der Waals surface area (Å²) in [5, 5.41) is 11.2. The molecule has 0 rings (SSSR count). The Labute approximate surface area is 125 Å². The summed E-state index contributed by atoms with van der Waals surface area (Å²) in [6.45, 7) is 4.75. The zero-order valence-corrected chi connectivity index (χ0v) is 12.8. The van der Waals surface area contributed by atoms with E-state index in [1.807, 2.05) is 0 Å². The van der Waals surface area contributed by atoms with Crippen LogP contribution in [0.5, 0.6) is 0 Å². The van der Waals surface area contributed by atoms with E-state index in [0.29, 0.717) is 65.4 Å². The van der Waals surface area contributed by atoms with Crippen LogP contribution in [-0.2, 0) is 23.8 Å². The molecule has 0 unspecified atom stereocenters. The standard InChI is InChI=1S/C14H27NO6/c1-13(17)4-7-19-9-11-21-12-10-20-8-5-15-14(18)3-2-6-16/h16H,2-12H2,1H3,(H,15,18). The Kier molecular flexibility index (Phi) is 14.6. The topological polar surface area (TPSA) is 94.1 Å². The fraction of sp³-hybridized carbons (Fsp3) is 0.857. The van der Waals surface area contributed by atoms with Crippen LogP contribution in [0, 0.1) is 0 Å². The number of Topliss-reactive ketones (excluding diaryl/α,β-unsaturated/α-hetero) is 1. The molecule has 2 N–H and O–H groups in total. The summed E-state index contributed by atoms with van der Waals surface area (Å²) in [6.07, 6.45) is 1.26. The molecule has 21 heavy (non-hydrogen) atoms. The number of carbonyl (C=O) groups is 2. The number of nitrogens with one attached hydrogen (secondary N) is 1. The third-order valence-electron chi connectivity index (χ3n) is 2.47. The van der Waals surface area contributed by atoms with Gasteiger partial charge in [0.15, 0.2) is 0 Å². The van der Waals surface area contributed by atoms with Gasteiger partial charge in [-0.15, -0.1) is 0 Å². The van der Waals surface area contributed by atoms with E-state index in [2.05, 4.69) is 5.32 Å². The first-order valence-electron chi connectivity index (χ1n) is 7.27. The first-order valence-corrected chi connectivity index (χ1v) is 7.27. The highest BCUT2D eigenvalue weighted by molar-refractivity contribution is 5.75. The molecule has 7 nitrogen and oxygen atoms in total. The number of hydrogen-bond donors (Lipinski definition) is 2. The van der Waals surface area contributed by atoms with Gasteiger partial charge in [0.1, 0.15) is 5.78 Å². The molecule has 1 amide bonds. The summed E-state index contributed by atoms with van der Waals surface area (Å²) in [4.78, 5) is 21.8. The van der Waals surface area contributed by atoms with Crippen molar-refractivity contribution in [3.05, 3.63) is 0 Å². The molecule has 7 heteroatoms. The van der Waals surface area contributed by atoms with Gasteiger partial charge in [0.25, 0.3) is 0 Å². The average molecular weight is 305 g/mol. The Hall–Kier alpha value is -1.02. The number of ether oxygens (including phenoxy) is 3. The molecule has 0 saturated heterocycles. The summed E-state index contributed by atoms with van der Waals surface area (Å²) in [5.41, 5.74) is 0. The molecule has 0 atom stereocenters. The zero-order chi connectivity index (χ0) is 15.8. The molecule has 0 aromatic rings. The molecule has 0 aliphatic heterocycles. The molecule has 0 fully saturated rings. The van der Waals surface area contributed by atoms with Gasteiger partial charge in [-0.1, -0.05) is 0 Å². The maximum absolute atomic E-state index is 11.2. The lowest BCUT2D eigenvalue weighted by molar-refractivity contribution is -0.121. The predicted molar refractivity (Wildman–Crippen MR) is 77.1 cm³/mol. The van der Waals surface area contributed by atoms with E-state index in [1.54, 1.807) is 0 Å². The summed E-state index contributed by atoms with van der Waals surface area (Å²) >= 11 is 0. The molecule has 0 bridgehead atoms. The Balaban J connectivity index is 3.09. The SMILES string of the molecule is CC(=O)CCOCCOCCOCCNC(=O)CCCO. The van der Waals surface area contributed by atoms with E-state index in [4.69, 9.17) is 19.3 Å². The molecule has 0 aromatic heterocycles. The van der Waals surface area contributed by atoms with Crippen LogP contribution in [0.3, 0.4) is 0 Å². The van der Waals surface area contributed by atoms with Crippen LogP contribution in [0.25, 0.3) is 0 Å². The van der Waals surface area contributed by atoms with Gasteiger partial charge in [-0.2, -0.15) is 0 Å². The molecular formula is C14H27NO6. The number of ketones is 1. The van der Waals surface area contributed by atoms with Crippen molar-refractivity contribution in [2.45, 2.75) is 26.2 Å². The van der Waals surface area contributed by atoms with E-state index in [0.717, 1.165) is 0 Å². The summed E-state index contributed by atoms with van der Waals surface area (Å²) in [5.74, 6) is 0.0411. The third kappa shape index (κ3) is 16.9. The van der Waals surface area contributed by atoms with Gasteiger partial charge in [-0.05, 0) is 13.3 Å². The second kappa shape index (κ2) is 15.4. The Bertz CT molecular complexity index is 272. The van der Waals surface area contributed by atoms with Crippen molar-refractivity contribution < 1.29 is 28.9 Å². The van der Waals surface area contributed by atoms with Crippen LogP contribution in [-0.4, -0.2) is 69.6 Å². The minimum Gasteiger partial charge on any atom is -0.396 e. The van der Waals surface area contributed by atoms with Crippen molar-refractivity contribution in [1.82, 2.24) is 5.32 Å². The summed E-state index contributed by atoms with van der Waals surface area (Å²) < 4.78 is 15.7. The fourth-order valence-electron chi connectivity index (χ4n) is 1.35. The lowest BCUT2D eigenvalue weighted by Gasteiger charge is -2.07. The van der Waals surface area contributed by atoms with E-state index >= 15 is 0 Å². The van der Waals surface area contributed by atoms with E-state index in [-0.39, 0.29) is 18.3 Å². The molecule has 0 radical (unpaired) electrons. The van der Waals surface area contributed by atoms with Crippen molar-refractivity contribution >= 4 is 11.7 Å².